The van der Waals surface area contributed by atoms with Crippen LogP contribution in [0.5, 0.6) is 0 Å². The zero-order chi connectivity index (χ0) is 7.28. The highest BCUT2D eigenvalue weighted by Crippen LogP contribution is 1.97. The van der Waals surface area contributed by atoms with Crippen LogP contribution in [0.2, 0.25) is 0 Å². The van der Waals surface area contributed by atoms with E-state index in [2.05, 4.69) is 4.74 Å². The van der Waals surface area contributed by atoms with E-state index in [-0.39, 0.29) is 5.97 Å². The van der Waals surface area contributed by atoms with Gasteiger partial charge in [-0.3, -0.25) is 0 Å². The first-order valence-corrected chi connectivity index (χ1v) is 2.95. The molecule has 9 heavy (non-hydrogen) atoms. The molecule has 0 aromatic rings. The summed E-state index contributed by atoms with van der Waals surface area (Å²) in [4.78, 5) is 10.5. The van der Waals surface area contributed by atoms with Crippen LogP contribution in [0, 0.1) is 0 Å². The second-order valence-corrected chi connectivity index (χ2v) is 1.87. The number of esters is 1. The number of methoxy groups -OCH3 is 1. The van der Waals surface area contributed by atoms with Gasteiger partial charge in [-0.1, -0.05) is 12.5 Å². The molecule has 0 radical (unpaired) electrons. The first kappa shape index (κ1) is 8.21. The third-order valence-corrected chi connectivity index (χ3v) is 1.12. The van der Waals surface area contributed by atoms with Gasteiger partial charge in [0.1, 0.15) is 0 Å². The van der Waals surface area contributed by atoms with Crippen molar-refractivity contribution in [3.63, 3.8) is 0 Å². The van der Waals surface area contributed by atoms with Gasteiger partial charge in [0.2, 0.25) is 0 Å². The van der Waals surface area contributed by atoms with E-state index in [1.165, 1.54) is 13.2 Å². The molecule has 0 aliphatic heterocycles. The van der Waals surface area contributed by atoms with Crippen LogP contribution >= 0.6 is 0 Å². The zero-order valence-corrected chi connectivity index (χ0v) is 6.10. The second kappa shape index (κ2) is 4.13. The molecule has 0 aliphatic carbocycles. The SMILES string of the molecule is CC/C(C)=C/C(=O)OC. The van der Waals surface area contributed by atoms with Gasteiger partial charge in [0.15, 0.2) is 0 Å². The average Bonchev–Trinajstić information content (AvgIpc) is 1.87. The van der Waals surface area contributed by atoms with Gasteiger partial charge >= 0.3 is 5.97 Å². The van der Waals surface area contributed by atoms with Gasteiger partial charge in [0, 0.05) is 6.08 Å². The highest BCUT2D eigenvalue weighted by atomic mass is 16.5. The van der Waals surface area contributed by atoms with Crippen LogP contribution in [-0.4, -0.2) is 13.1 Å². The molecule has 0 amide bonds. The standard InChI is InChI=1S/C7H12O2/c1-4-6(2)5-7(8)9-3/h5H,4H2,1-3H3/b6-5+. The molecule has 0 bridgehead atoms. The molecule has 0 aliphatic rings. The quantitative estimate of drug-likeness (QED) is 0.416. The van der Waals surface area contributed by atoms with E-state index in [9.17, 15) is 4.79 Å². The Morgan fingerprint density at radius 1 is 1.67 bits per heavy atom. The van der Waals surface area contributed by atoms with Crippen molar-refractivity contribution >= 4 is 5.97 Å². The summed E-state index contributed by atoms with van der Waals surface area (Å²) >= 11 is 0. The first-order valence-electron chi connectivity index (χ1n) is 2.95. The molecule has 0 aromatic heterocycles. The highest BCUT2D eigenvalue weighted by Gasteiger charge is 1.92. The summed E-state index contributed by atoms with van der Waals surface area (Å²) in [5.41, 5.74) is 1.04. The van der Waals surface area contributed by atoms with E-state index in [0.29, 0.717) is 0 Å². The second-order valence-electron chi connectivity index (χ2n) is 1.87. The van der Waals surface area contributed by atoms with Crippen molar-refractivity contribution in [1.82, 2.24) is 0 Å². The molecular formula is C7H12O2. The lowest BCUT2D eigenvalue weighted by Crippen LogP contribution is -1.95. The Balaban J connectivity index is 3.79. The van der Waals surface area contributed by atoms with E-state index in [0.717, 1.165) is 12.0 Å². The molecule has 0 heterocycles. The van der Waals surface area contributed by atoms with Crippen LogP contribution in [-0.2, 0) is 9.53 Å². The van der Waals surface area contributed by atoms with E-state index in [4.69, 9.17) is 0 Å². The summed E-state index contributed by atoms with van der Waals surface area (Å²) in [6.07, 6.45) is 2.40. The summed E-state index contributed by atoms with van der Waals surface area (Å²) in [6.45, 7) is 3.89. The third kappa shape index (κ3) is 3.76. The van der Waals surface area contributed by atoms with Gasteiger partial charge in [0.25, 0.3) is 0 Å². The van der Waals surface area contributed by atoms with Gasteiger partial charge in [-0.25, -0.2) is 4.79 Å². The fourth-order valence-corrected chi connectivity index (χ4v) is 0.362. The van der Waals surface area contributed by atoms with Crippen molar-refractivity contribution < 1.29 is 9.53 Å². The molecule has 2 nitrogen and oxygen atoms in total. The third-order valence-electron chi connectivity index (χ3n) is 1.12. The van der Waals surface area contributed by atoms with E-state index in [1.807, 2.05) is 13.8 Å². The van der Waals surface area contributed by atoms with E-state index >= 15 is 0 Å². The number of ether oxygens (including phenoxy) is 1. The van der Waals surface area contributed by atoms with E-state index in [1.54, 1.807) is 0 Å². The van der Waals surface area contributed by atoms with Crippen molar-refractivity contribution in [3.05, 3.63) is 11.6 Å². The Kier molecular flexibility index (Phi) is 3.76. The summed E-state index contributed by atoms with van der Waals surface area (Å²) in [7, 11) is 1.38. The Hall–Kier alpha value is -0.790. The lowest BCUT2D eigenvalue weighted by atomic mass is 10.2. The topological polar surface area (TPSA) is 26.3 Å². The number of carbonyl (C=O) groups is 1. The lowest BCUT2D eigenvalue weighted by molar-refractivity contribution is -0.134. The molecular weight excluding hydrogens is 116 g/mol. The molecule has 0 N–H and O–H groups in total. The Morgan fingerprint density at radius 2 is 2.22 bits per heavy atom. The predicted octanol–water partition coefficient (Wildman–Crippen LogP) is 1.52. The Labute approximate surface area is 55.5 Å². The van der Waals surface area contributed by atoms with Crippen LogP contribution in [0.15, 0.2) is 11.6 Å². The molecule has 0 saturated heterocycles. The summed E-state index contributed by atoms with van der Waals surface area (Å²) in [5, 5.41) is 0. The maximum Gasteiger partial charge on any atom is 0.330 e. The minimum Gasteiger partial charge on any atom is -0.466 e. The van der Waals surface area contributed by atoms with Crippen LogP contribution in [0.1, 0.15) is 20.3 Å². The van der Waals surface area contributed by atoms with Crippen molar-refractivity contribution in [3.8, 4) is 0 Å². The molecule has 52 valence electrons. The number of rotatable bonds is 2. The summed E-state index contributed by atoms with van der Waals surface area (Å²) < 4.78 is 4.41. The molecule has 0 fully saturated rings. The summed E-state index contributed by atoms with van der Waals surface area (Å²) in [5.74, 6) is -0.269. The number of hydrogen-bond donors (Lipinski definition) is 0. The van der Waals surface area contributed by atoms with Crippen LogP contribution in [0.3, 0.4) is 0 Å². The number of hydrogen-bond acceptors (Lipinski definition) is 2. The van der Waals surface area contributed by atoms with Crippen LogP contribution in [0.4, 0.5) is 0 Å². The zero-order valence-electron chi connectivity index (χ0n) is 6.10. The minimum atomic E-state index is -0.269. The number of carbonyl (C=O) groups excluding carboxylic acids is 1. The molecule has 0 saturated carbocycles. The van der Waals surface area contributed by atoms with Crippen molar-refractivity contribution in [2.45, 2.75) is 20.3 Å². The maximum atomic E-state index is 10.5. The smallest absolute Gasteiger partial charge is 0.330 e. The normalized spacial score (nSPS) is 11.2. The van der Waals surface area contributed by atoms with Gasteiger partial charge in [0.05, 0.1) is 7.11 Å². The molecule has 0 unspecified atom stereocenters. The highest BCUT2D eigenvalue weighted by molar-refractivity contribution is 5.82. The van der Waals surface area contributed by atoms with Crippen LogP contribution in [0.25, 0.3) is 0 Å². The van der Waals surface area contributed by atoms with Gasteiger partial charge in [-0.2, -0.15) is 0 Å². The van der Waals surface area contributed by atoms with Gasteiger partial charge in [-0.05, 0) is 13.3 Å². The van der Waals surface area contributed by atoms with Gasteiger partial charge < -0.3 is 4.74 Å². The fraction of sp³-hybridized carbons (Fsp3) is 0.571. The fourth-order valence-electron chi connectivity index (χ4n) is 0.362. The minimum absolute atomic E-state index is 0.269. The molecule has 2 heteroatoms. The number of allylic oxidation sites excluding steroid dienone is 1. The Bertz CT molecular complexity index is 125. The van der Waals surface area contributed by atoms with Crippen molar-refractivity contribution in [2.24, 2.45) is 0 Å². The van der Waals surface area contributed by atoms with E-state index < -0.39 is 0 Å². The monoisotopic (exact) mass is 128 g/mol. The maximum absolute atomic E-state index is 10.5. The van der Waals surface area contributed by atoms with Crippen molar-refractivity contribution in [1.29, 1.82) is 0 Å². The largest absolute Gasteiger partial charge is 0.466 e. The predicted molar refractivity (Wildman–Crippen MR) is 36.1 cm³/mol. The van der Waals surface area contributed by atoms with Gasteiger partial charge in [-0.15, -0.1) is 0 Å². The molecule has 0 spiro atoms. The summed E-state index contributed by atoms with van der Waals surface area (Å²) in [6, 6.07) is 0. The lowest BCUT2D eigenvalue weighted by Gasteiger charge is -1.92. The molecule has 0 aromatic carbocycles. The van der Waals surface area contributed by atoms with Crippen molar-refractivity contribution in [2.75, 3.05) is 7.11 Å². The average molecular weight is 128 g/mol. The van der Waals surface area contributed by atoms with Crippen LogP contribution < -0.4 is 0 Å². The molecule has 0 rings (SSSR count). The first-order chi connectivity index (χ1) is 4.20. The molecule has 0 atom stereocenters. The Morgan fingerprint density at radius 3 is 2.56 bits per heavy atom.